The van der Waals surface area contributed by atoms with E-state index < -0.39 is 0 Å². The van der Waals surface area contributed by atoms with Crippen LogP contribution in [-0.2, 0) is 17.1 Å². The molecular formula is C18H21NOS. The van der Waals surface area contributed by atoms with Gasteiger partial charge in [-0.3, -0.25) is 4.79 Å². The van der Waals surface area contributed by atoms with Gasteiger partial charge < -0.3 is 5.32 Å². The molecule has 0 fully saturated rings. The first kappa shape index (κ1) is 15.6. The van der Waals surface area contributed by atoms with E-state index in [9.17, 15) is 4.79 Å². The first-order chi connectivity index (χ1) is 10.1. The minimum atomic E-state index is 0.0910. The Morgan fingerprint density at radius 3 is 2.33 bits per heavy atom. The Bertz CT molecular complexity index is 575. The highest BCUT2D eigenvalue weighted by molar-refractivity contribution is 7.99. The first-order valence-electron chi connectivity index (χ1n) is 7.09. The monoisotopic (exact) mass is 299 g/mol. The van der Waals surface area contributed by atoms with Crippen LogP contribution in [0, 0.1) is 13.8 Å². The normalized spacial score (nSPS) is 10.4. The molecule has 110 valence electrons. The summed E-state index contributed by atoms with van der Waals surface area (Å²) in [6.07, 6.45) is 0. The average Bonchev–Trinajstić information content (AvgIpc) is 2.45. The second kappa shape index (κ2) is 7.89. The third-order valence-corrected chi connectivity index (χ3v) is 4.12. The lowest BCUT2D eigenvalue weighted by Crippen LogP contribution is -2.24. The van der Waals surface area contributed by atoms with Crippen molar-refractivity contribution in [3.05, 3.63) is 70.8 Å². The van der Waals surface area contributed by atoms with E-state index in [0.717, 1.165) is 11.3 Å². The van der Waals surface area contributed by atoms with Crippen LogP contribution in [0.3, 0.4) is 0 Å². The van der Waals surface area contributed by atoms with Gasteiger partial charge in [-0.15, -0.1) is 11.8 Å². The summed E-state index contributed by atoms with van der Waals surface area (Å²) < 4.78 is 0. The number of hydrogen-bond donors (Lipinski definition) is 1. The third kappa shape index (κ3) is 5.64. The molecule has 0 radical (unpaired) electrons. The molecule has 0 unspecified atom stereocenters. The molecule has 3 heteroatoms. The fourth-order valence-electron chi connectivity index (χ4n) is 2.26. The van der Waals surface area contributed by atoms with Crippen LogP contribution in [0.2, 0.25) is 0 Å². The highest BCUT2D eigenvalue weighted by atomic mass is 32.2. The maximum Gasteiger partial charge on any atom is 0.230 e. The minimum Gasteiger partial charge on any atom is -0.351 e. The van der Waals surface area contributed by atoms with Crippen LogP contribution in [0.4, 0.5) is 0 Å². The molecule has 2 aromatic rings. The molecule has 0 saturated heterocycles. The Balaban J connectivity index is 1.72. The summed E-state index contributed by atoms with van der Waals surface area (Å²) in [6, 6.07) is 16.5. The first-order valence-corrected chi connectivity index (χ1v) is 8.24. The molecule has 2 aromatic carbocycles. The molecule has 1 amide bonds. The molecule has 2 nitrogen and oxygen atoms in total. The molecule has 0 saturated carbocycles. The summed E-state index contributed by atoms with van der Waals surface area (Å²) in [7, 11) is 0. The number of aryl methyl sites for hydroxylation is 2. The minimum absolute atomic E-state index is 0.0910. The van der Waals surface area contributed by atoms with Crippen LogP contribution in [-0.4, -0.2) is 11.7 Å². The topological polar surface area (TPSA) is 29.1 Å². The predicted molar refractivity (Wildman–Crippen MR) is 90.4 cm³/mol. The largest absolute Gasteiger partial charge is 0.351 e. The van der Waals surface area contributed by atoms with Gasteiger partial charge in [-0.25, -0.2) is 0 Å². The second-order valence-corrected chi connectivity index (χ2v) is 6.24. The van der Waals surface area contributed by atoms with Crippen LogP contribution >= 0.6 is 11.8 Å². The van der Waals surface area contributed by atoms with Crippen molar-refractivity contribution in [1.82, 2.24) is 5.32 Å². The van der Waals surface area contributed by atoms with Gasteiger partial charge in [-0.1, -0.05) is 59.7 Å². The fraction of sp³-hybridized carbons (Fsp3) is 0.278. The van der Waals surface area contributed by atoms with Gasteiger partial charge in [0.2, 0.25) is 5.91 Å². The highest BCUT2D eigenvalue weighted by Crippen LogP contribution is 2.15. The maximum atomic E-state index is 11.8. The molecule has 0 atom stereocenters. The van der Waals surface area contributed by atoms with Crippen molar-refractivity contribution in [3.8, 4) is 0 Å². The number of thioether (sulfide) groups is 1. The highest BCUT2D eigenvalue weighted by Gasteiger charge is 2.03. The maximum absolute atomic E-state index is 11.8. The molecular weight excluding hydrogens is 278 g/mol. The zero-order chi connectivity index (χ0) is 15.1. The van der Waals surface area contributed by atoms with Crippen LogP contribution in [0.15, 0.2) is 48.5 Å². The van der Waals surface area contributed by atoms with E-state index in [0.29, 0.717) is 12.3 Å². The van der Waals surface area contributed by atoms with E-state index in [1.807, 2.05) is 30.3 Å². The van der Waals surface area contributed by atoms with Gasteiger partial charge in [0.1, 0.15) is 0 Å². The third-order valence-electron chi connectivity index (χ3n) is 3.12. The Hall–Kier alpha value is -1.74. The molecule has 2 rings (SSSR count). The SMILES string of the molecule is Cc1cc(C)cc(CSCC(=O)NCc2ccccc2)c1. The lowest BCUT2D eigenvalue weighted by molar-refractivity contribution is -0.118. The van der Waals surface area contributed by atoms with Gasteiger partial charge >= 0.3 is 0 Å². The van der Waals surface area contributed by atoms with Gasteiger partial charge in [-0.2, -0.15) is 0 Å². The fourth-order valence-corrected chi connectivity index (χ4v) is 3.05. The second-order valence-electron chi connectivity index (χ2n) is 5.25. The Morgan fingerprint density at radius 2 is 1.67 bits per heavy atom. The van der Waals surface area contributed by atoms with Gasteiger partial charge in [0.25, 0.3) is 0 Å². The van der Waals surface area contributed by atoms with Crippen molar-refractivity contribution in [1.29, 1.82) is 0 Å². The van der Waals surface area contributed by atoms with E-state index >= 15 is 0 Å². The molecule has 0 bridgehead atoms. The molecule has 0 aliphatic heterocycles. The average molecular weight is 299 g/mol. The summed E-state index contributed by atoms with van der Waals surface area (Å²) in [4.78, 5) is 11.8. The molecule has 0 aliphatic rings. The van der Waals surface area contributed by atoms with E-state index in [2.05, 4.69) is 37.4 Å². The molecule has 21 heavy (non-hydrogen) atoms. The summed E-state index contributed by atoms with van der Waals surface area (Å²) in [5.41, 5.74) is 4.97. The number of nitrogens with one attached hydrogen (secondary N) is 1. The molecule has 0 aliphatic carbocycles. The van der Waals surface area contributed by atoms with Crippen molar-refractivity contribution < 1.29 is 4.79 Å². The van der Waals surface area contributed by atoms with Crippen molar-refractivity contribution in [2.45, 2.75) is 26.1 Å². The zero-order valence-corrected chi connectivity index (χ0v) is 13.4. The molecule has 0 aromatic heterocycles. The Kier molecular flexibility index (Phi) is 5.88. The van der Waals surface area contributed by atoms with Crippen LogP contribution in [0.5, 0.6) is 0 Å². The van der Waals surface area contributed by atoms with Crippen molar-refractivity contribution in [2.24, 2.45) is 0 Å². The Labute approximate surface area is 131 Å². The molecule has 1 N–H and O–H groups in total. The van der Waals surface area contributed by atoms with Gasteiger partial charge in [-0.05, 0) is 25.0 Å². The number of rotatable bonds is 6. The van der Waals surface area contributed by atoms with Crippen LogP contribution < -0.4 is 5.32 Å². The van der Waals surface area contributed by atoms with Gasteiger partial charge in [0, 0.05) is 12.3 Å². The van der Waals surface area contributed by atoms with Crippen molar-refractivity contribution in [2.75, 3.05) is 5.75 Å². The number of carbonyl (C=O) groups is 1. The summed E-state index contributed by atoms with van der Waals surface area (Å²) in [6.45, 7) is 4.81. The Morgan fingerprint density at radius 1 is 1.00 bits per heavy atom. The quantitative estimate of drug-likeness (QED) is 0.877. The van der Waals surface area contributed by atoms with Crippen LogP contribution in [0.25, 0.3) is 0 Å². The summed E-state index contributed by atoms with van der Waals surface area (Å²) in [5.74, 6) is 1.47. The standard InChI is InChI=1S/C18H21NOS/c1-14-8-15(2)10-17(9-14)12-21-13-18(20)19-11-16-6-4-3-5-7-16/h3-10H,11-13H2,1-2H3,(H,19,20). The number of carbonyl (C=O) groups excluding carboxylic acids is 1. The summed E-state index contributed by atoms with van der Waals surface area (Å²) >= 11 is 1.65. The smallest absolute Gasteiger partial charge is 0.230 e. The number of amides is 1. The predicted octanol–water partition coefficient (Wildman–Crippen LogP) is 3.85. The van der Waals surface area contributed by atoms with Gasteiger partial charge in [0.15, 0.2) is 0 Å². The summed E-state index contributed by atoms with van der Waals surface area (Å²) in [5, 5.41) is 2.95. The lowest BCUT2D eigenvalue weighted by Gasteiger charge is -2.07. The van der Waals surface area contributed by atoms with E-state index in [4.69, 9.17) is 0 Å². The number of hydrogen-bond acceptors (Lipinski definition) is 2. The lowest BCUT2D eigenvalue weighted by atomic mass is 10.1. The van der Waals surface area contributed by atoms with E-state index in [1.165, 1.54) is 16.7 Å². The van der Waals surface area contributed by atoms with Gasteiger partial charge in [0.05, 0.1) is 5.75 Å². The van der Waals surface area contributed by atoms with Crippen LogP contribution in [0.1, 0.15) is 22.3 Å². The van der Waals surface area contributed by atoms with E-state index in [-0.39, 0.29) is 5.91 Å². The molecule has 0 heterocycles. The zero-order valence-electron chi connectivity index (χ0n) is 12.6. The number of benzene rings is 2. The van der Waals surface area contributed by atoms with Crippen molar-refractivity contribution in [3.63, 3.8) is 0 Å². The molecule has 0 spiro atoms. The van der Waals surface area contributed by atoms with Crippen molar-refractivity contribution >= 4 is 17.7 Å². The van der Waals surface area contributed by atoms with E-state index in [1.54, 1.807) is 11.8 Å².